The summed E-state index contributed by atoms with van der Waals surface area (Å²) in [7, 11) is 1.73. The standard InChI is InChI=1S/C12H14ClN5O/c1-14-10-4-3-9(13)11(17-10)12(19)15-6-8-18-7-2-5-16-18/h2-5,7H,6,8H2,1H3,(H,14,17)(H,15,19). The van der Waals surface area contributed by atoms with Crippen molar-refractivity contribution in [2.75, 3.05) is 18.9 Å². The molecule has 1 amide bonds. The van der Waals surface area contributed by atoms with Gasteiger partial charge < -0.3 is 10.6 Å². The highest BCUT2D eigenvalue weighted by Gasteiger charge is 2.12. The van der Waals surface area contributed by atoms with Gasteiger partial charge in [-0.1, -0.05) is 11.6 Å². The van der Waals surface area contributed by atoms with Crippen LogP contribution in [0.2, 0.25) is 5.02 Å². The van der Waals surface area contributed by atoms with Gasteiger partial charge in [0, 0.05) is 26.0 Å². The van der Waals surface area contributed by atoms with Gasteiger partial charge in [0.05, 0.1) is 11.6 Å². The first-order chi connectivity index (χ1) is 9.20. The lowest BCUT2D eigenvalue weighted by molar-refractivity contribution is 0.0947. The van der Waals surface area contributed by atoms with Gasteiger partial charge in [-0.2, -0.15) is 5.10 Å². The summed E-state index contributed by atoms with van der Waals surface area (Å²) in [5.41, 5.74) is 0.217. The molecule has 0 aromatic carbocycles. The second-order valence-electron chi connectivity index (χ2n) is 3.80. The van der Waals surface area contributed by atoms with E-state index < -0.39 is 0 Å². The van der Waals surface area contributed by atoms with Gasteiger partial charge in [-0.25, -0.2) is 4.98 Å². The number of carbonyl (C=O) groups excluding carboxylic acids is 1. The third-order valence-electron chi connectivity index (χ3n) is 2.50. The topological polar surface area (TPSA) is 71.8 Å². The van der Waals surface area contributed by atoms with Crippen LogP contribution in [0.3, 0.4) is 0 Å². The molecule has 0 saturated carbocycles. The van der Waals surface area contributed by atoms with Crippen LogP contribution in [0, 0.1) is 0 Å². The lowest BCUT2D eigenvalue weighted by Crippen LogP contribution is -2.28. The van der Waals surface area contributed by atoms with Crippen molar-refractivity contribution in [2.24, 2.45) is 0 Å². The molecule has 0 aliphatic rings. The fourth-order valence-corrected chi connectivity index (χ4v) is 1.73. The van der Waals surface area contributed by atoms with Crippen LogP contribution in [0.25, 0.3) is 0 Å². The number of hydrogen-bond donors (Lipinski definition) is 2. The summed E-state index contributed by atoms with van der Waals surface area (Å²) < 4.78 is 1.74. The van der Waals surface area contributed by atoms with Crippen LogP contribution in [-0.4, -0.2) is 34.3 Å². The molecular formula is C12H14ClN5O. The minimum atomic E-state index is -0.297. The van der Waals surface area contributed by atoms with Gasteiger partial charge in [0.1, 0.15) is 11.5 Å². The largest absolute Gasteiger partial charge is 0.373 e. The highest BCUT2D eigenvalue weighted by atomic mass is 35.5. The van der Waals surface area contributed by atoms with Crippen molar-refractivity contribution < 1.29 is 4.79 Å². The molecule has 0 radical (unpaired) electrons. The van der Waals surface area contributed by atoms with Gasteiger partial charge in [-0.15, -0.1) is 0 Å². The number of rotatable bonds is 5. The molecule has 100 valence electrons. The Bertz CT molecular complexity index is 555. The molecule has 6 nitrogen and oxygen atoms in total. The first kappa shape index (κ1) is 13.4. The molecule has 0 aliphatic carbocycles. The Labute approximate surface area is 115 Å². The van der Waals surface area contributed by atoms with Crippen LogP contribution < -0.4 is 10.6 Å². The van der Waals surface area contributed by atoms with Crippen LogP contribution >= 0.6 is 11.6 Å². The van der Waals surface area contributed by atoms with Crippen LogP contribution in [0.15, 0.2) is 30.6 Å². The van der Waals surface area contributed by atoms with Gasteiger partial charge >= 0.3 is 0 Å². The second kappa shape index (κ2) is 6.19. The van der Waals surface area contributed by atoms with E-state index in [4.69, 9.17) is 11.6 Å². The molecule has 19 heavy (non-hydrogen) atoms. The average Bonchev–Trinajstić information content (AvgIpc) is 2.92. The zero-order valence-corrected chi connectivity index (χ0v) is 11.2. The third kappa shape index (κ3) is 3.45. The Morgan fingerprint density at radius 2 is 2.32 bits per heavy atom. The highest BCUT2D eigenvalue weighted by Crippen LogP contribution is 2.16. The lowest BCUT2D eigenvalue weighted by Gasteiger charge is -2.08. The number of amides is 1. The van der Waals surface area contributed by atoms with Crippen molar-refractivity contribution in [3.8, 4) is 0 Å². The third-order valence-corrected chi connectivity index (χ3v) is 2.81. The van der Waals surface area contributed by atoms with E-state index in [0.717, 1.165) is 0 Å². The quantitative estimate of drug-likeness (QED) is 0.868. The van der Waals surface area contributed by atoms with Crippen LogP contribution in [0.4, 0.5) is 5.82 Å². The maximum atomic E-state index is 11.9. The van der Waals surface area contributed by atoms with Crippen molar-refractivity contribution in [3.63, 3.8) is 0 Å². The fourth-order valence-electron chi connectivity index (χ4n) is 1.54. The summed E-state index contributed by atoms with van der Waals surface area (Å²) in [5, 5.41) is 9.99. The van der Waals surface area contributed by atoms with E-state index in [-0.39, 0.29) is 11.6 Å². The Morgan fingerprint density at radius 1 is 1.47 bits per heavy atom. The van der Waals surface area contributed by atoms with Crippen molar-refractivity contribution in [1.82, 2.24) is 20.1 Å². The zero-order valence-electron chi connectivity index (χ0n) is 10.4. The Morgan fingerprint density at radius 3 is 3.00 bits per heavy atom. The van der Waals surface area contributed by atoms with E-state index in [1.807, 2.05) is 12.3 Å². The predicted octanol–water partition coefficient (Wildman–Crippen LogP) is 1.40. The number of pyridine rings is 1. The molecule has 0 bridgehead atoms. The normalized spacial score (nSPS) is 10.2. The zero-order chi connectivity index (χ0) is 13.7. The minimum absolute atomic E-state index is 0.217. The van der Waals surface area contributed by atoms with Crippen LogP contribution in [0.5, 0.6) is 0 Å². The molecule has 0 spiro atoms. The Kier molecular flexibility index (Phi) is 4.35. The molecule has 2 heterocycles. The molecule has 0 aliphatic heterocycles. The summed E-state index contributed by atoms with van der Waals surface area (Å²) in [6, 6.07) is 5.18. The smallest absolute Gasteiger partial charge is 0.271 e. The SMILES string of the molecule is CNc1ccc(Cl)c(C(=O)NCCn2cccn2)n1. The summed E-state index contributed by atoms with van der Waals surface area (Å²) >= 11 is 5.96. The summed E-state index contributed by atoms with van der Waals surface area (Å²) in [4.78, 5) is 16.1. The first-order valence-corrected chi connectivity index (χ1v) is 6.18. The van der Waals surface area contributed by atoms with E-state index in [1.54, 1.807) is 30.1 Å². The second-order valence-corrected chi connectivity index (χ2v) is 4.21. The van der Waals surface area contributed by atoms with E-state index in [0.29, 0.717) is 23.9 Å². The Balaban J connectivity index is 1.95. The molecule has 2 aromatic rings. The molecule has 2 rings (SSSR count). The van der Waals surface area contributed by atoms with Gasteiger partial charge in [0.25, 0.3) is 5.91 Å². The molecule has 0 atom stereocenters. The van der Waals surface area contributed by atoms with E-state index in [1.165, 1.54) is 0 Å². The Hall–Kier alpha value is -2.08. The van der Waals surface area contributed by atoms with Crippen molar-refractivity contribution in [2.45, 2.75) is 6.54 Å². The first-order valence-electron chi connectivity index (χ1n) is 5.80. The molecule has 7 heteroatoms. The van der Waals surface area contributed by atoms with Gasteiger partial charge in [-0.05, 0) is 18.2 Å². The lowest BCUT2D eigenvalue weighted by atomic mass is 10.3. The van der Waals surface area contributed by atoms with Crippen molar-refractivity contribution in [3.05, 3.63) is 41.3 Å². The fraction of sp³-hybridized carbons (Fsp3) is 0.250. The minimum Gasteiger partial charge on any atom is -0.373 e. The number of nitrogens with one attached hydrogen (secondary N) is 2. The van der Waals surface area contributed by atoms with E-state index >= 15 is 0 Å². The van der Waals surface area contributed by atoms with Crippen molar-refractivity contribution in [1.29, 1.82) is 0 Å². The highest BCUT2D eigenvalue weighted by molar-refractivity contribution is 6.33. The number of carbonyl (C=O) groups is 1. The van der Waals surface area contributed by atoms with Gasteiger partial charge in [-0.3, -0.25) is 9.48 Å². The van der Waals surface area contributed by atoms with Gasteiger partial charge in [0.2, 0.25) is 0 Å². The molecule has 0 fully saturated rings. The maximum absolute atomic E-state index is 11.9. The summed E-state index contributed by atoms with van der Waals surface area (Å²) in [5.74, 6) is 0.302. The molecule has 2 N–H and O–H groups in total. The number of nitrogens with zero attached hydrogens (tertiary/aromatic N) is 3. The molecular weight excluding hydrogens is 266 g/mol. The molecule has 0 unspecified atom stereocenters. The summed E-state index contributed by atoms with van der Waals surface area (Å²) in [6.45, 7) is 1.06. The maximum Gasteiger partial charge on any atom is 0.271 e. The van der Waals surface area contributed by atoms with E-state index in [2.05, 4.69) is 20.7 Å². The van der Waals surface area contributed by atoms with Crippen LogP contribution in [0.1, 0.15) is 10.5 Å². The monoisotopic (exact) mass is 279 g/mol. The molecule has 2 aromatic heterocycles. The predicted molar refractivity (Wildman–Crippen MR) is 73.4 cm³/mol. The van der Waals surface area contributed by atoms with E-state index in [9.17, 15) is 4.79 Å². The number of aromatic nitrogens is 3. The molecule has 0 saturated heterocycles. The van der Waals surface area contributed by atoms with Gasteiger partial charge in [0.15, 0.2) is 0 Å². The number of anilines is 1. The average molecular weight is 280 g/mol. The van der Waals surface area contributed by atoms with Crippen molar-refractivity contribution >= 4 is 23.3 Å². The summed E-state index contributed by atoms with van der Waals surface area (Å²) in [6.07, 6.45) is 3.52. The van der Waals surface area contributed by atoms with Crippen LogP contribution in [-0.2, 0) is 6.54 Å². The number of hydrogen-bond acceptors (Lipinski definition) is 4. The number of halogens is 1.